The molecule has 0 amide bonds. The molecular formula is C22H27N3O2. The Balaban J connectivity index is 1.35. The van der Waals surface area contributed by atoms with Crippen LogP contribution >= 0.6 is 0 Å². The van der Waals surface area contributed by atoms with E-state index >= 15 is 0 Å². The van der Waals surface area contributed by atoms with Crippen molar-refractivity contribution < 1.29 is 4.74 Å². The first-order valence-corrected chi connectivity index (χ1v) is 10.4. The number of rotatable bonds is 3. The van der Waals surface area contributed by atoms with Crippen LogP contribution in [0, 0.1) is 0 Å². The molecule has 1 aromatic carbocycles. The van der Waals surface area contributed by atoms with E-state index in [2.05, 4.69) is 28.1 Å². The maximum atomic E-state index is 12.6. The van der Waals surface area contributed by atoms with Gasteiger partial charge in [-0.25, -0.2) is 4.98 Å². The number of nitrogens with one attached hydrogen (secondary N) is 1. The van der Waals surface area contributed by atoms with E-state index in [-0.39, 0.29) is 5.56 Å². The molecule has 2 aliphatic heterocycles. The SMILES string of the molecule is O=c1[nH]c(C2CCCCC2)nc2c1CCN(Cc1ccc3c(c1)CCO3)C2. The maximum Gasteiger partial charge on any atom is 0.254 e. The van der Waals surface area contributed by atoms with Crippen LogP contribution < -0.4 is 10.3 Å². The fourth-order valence-corrected chi connectivity index (χ4v) is 4.81. The molecule has 1 aromatic heterocycles. The van der Waals surface area contributed by atoms with Crippen molar-refractivity contribution in [3.8, 4) is 5.75 Å². The summed E-state index contributed by atoms with van der Waals surface area (Å²) in [6.07, 6.45) is 7.92. The molecule has 3 aliphatic rings. The lowest BCUT2D eigenvalue weighted by molar-refractivity contribution is 0.239. The third-order valence-electron chi connectivity index (χ3n) is 6.32. The van der Waals surface area contributed by atoms with Crippen molar-refractivity contribution in [1.82, 2.24) is 14.9 Å². The Kier molecular flexibility index (Phi) is 4.48. The summed E-state index contributed by atoms with van der Waals surface area (Å²) in [4.78, 5) is 23.0. The molecule has 1 saturated carbocycles. The highest BCUT2D eigenvalue weighted by Crippen LogP contribution is 2.31. The normalized spacial score (nSPS) is 20.1. The highest BCUT2D eigenvalue weighted by molar-refractivity contribution is 5.39. The Morgan fingerprint density at radius 2 is 2.07 bits per heavy atom. The number of aromatic nitrogens is 2. The molecule has 1 aliphatic carbocycles. The molecule has 5 heteroatoms. The molecule has 1 fully saturated rings. The Bertz CT molecular complexity index is 899. The van der Waals surface area contributed by atoms with E-state index in [9.17, 15) is 4.79 Å². The maximum absolute atomic E-state index is 12.6. The number of fused-ring (bicyclic) bond motifs is 2. The molecule has 5 nitrogen and oxygen atoms in total. The van der Waals surface area contributed by atoms with Crippen molar-refractivity contribution in [2.24, 2.45) is 0 Å². The predicted octanol–water partition coefficient (Wildman–Crippen LogP) is 3.31. The van der Waals surface area contributed by atoms with Crippen LogP contribution in [0.4, 0.5) is 0 Å². The highest BCUT2D eigenvalue weighted by Gasteiger charge is 2.24. The van der Waals surface area contributed by atoms with Crippen molar-refractivity contribution in [1.29, 1.82) is 0 Å². The summed E-state index contributed by atoms with van der Waals surface area (Å²) in [5.41, 5.74) is 4.62. The van der Waals surface area contributed by atoms with Crippen molar-refractivity contribution in [2.45, 2.75) is 64.0 Å². The van der Waals surface area contributed by atoms with E-state index < -0.39 is 0 Å². The molecule has 0 unspecified atom stereocenters. The lowest BCUT2D eigenvalue weighted by Crippen LogP contribution is -2.35. The van der Waals surface area contributed by atoms with Gasteiger partial charge >= 0.3 is 0 Å². The molecule has 0 atom stereocenters. The molecule has 1 N–H and O–H groups in total. The number of hydrogen-bond donors (Lipinski definition) is 1. The van der Waals surface area contributed by atoms with Gasteiger partial charge in [0.25, 0.3) is 5.56 Å². The number of hydrogen-bond acceptors (Lipinski definition) is 4. The summed E-state index contributed by atoms with van der Waals surface area (Å²) in [7, 11) is 0. The van der Waals surface area contributed by atoms with E-state index in [0.29, 0.717) is 5.92 Å². The van der Waals surface area contributed by atoms with Gasteiger partial charge in [0.15, 0.2) is 0 Å². The Hall–Kier alpha value is -2.14. The highest BCUT2D eigenvalue weighted by atomic mass is 16.5. The van der Waals surface area contributed by atoms with E-state index in [1.165, 1.54) is 30.4 Å². The van der Waals surface area contributed by atoms with Gasteiger partial charge in [0, 0.05) is 37.5 Å². The van der Waals surface area contributed by atoms with Gasteiger partial charge in [-0.05, 0) is 36.5 Å². The first-order chi connectivity index (χ1) is 13.3. The first kappa shape index (κ1) is 17.0. The van der Waals surface area contributed by atoms with Crippen LogP contribution in [0.25, 0.3) is 0 Å². The third-order valence-corrected chi connectivity index (χ3v) is 6.32. The summed E-state index contributed by atoms with van der Waals surface area (Å²) in [6, 6.07) is 6.54. The van der Waals surface area contributed by atoms with Gasteiger partial charge in [-0.15, -0.1) is 0 Å². The average molecular weight is 365 g/mol. The van der Waals surface area contributed by atoms with Gasteiger partial charge in [-0.1, -0.05) is 31.4 Å². The lowest BCUT2D eigenvalue weighted by atomic mass is 9.88. The Labute approximate surface area is 159 Å². The number of ether oxygens (including phenoxy) is 1. The molecule has 3 heterocycles. The van der Waals surface area contributed by atoms with Crippen LogP contribution in [0.15, 0.2) is 23.0 Å². The van der Waals surface area contributed by atoms with Crippen molar-refractivity contribution in [3.05, 3.63) is 56.8 Å². The second kappa shape index (κ2) is 7.12. The summed E-state index contributed by atoms with van der Waals surface area (Å²) in [5.74, 6) is 2.40. The van der Waals surface area contributed by atoms with Crippen molar-refractivity contribution >= 4 is 0 Å². The molecule has 0 bridgehead atoms. The van der Waals surface area contributed by atoms with Gasteiger partial charge < -0.3 is 9.72 Å². The molecule has 5 rings (SSSR count). The second-order valence-electron chi connectivity index (χ2n) is 8.21. The van der Waals surface area contributed by atoms with E-state index in [1.54, 1.807) is 0 Å². The zero-order valence-corrected chi connectivity index (χ0v) is 15.8. The number of H-pyrrole nitrogens is 1. The van der Waals surface area contributed by atoms with Gasteiger partial charge in [0.1, 0.15) is 11.6 Å². The predicted molar refractivity (Wildman–Crippen MR) is 104 cm³/mol. The molecular weight excluding hydrogens is 338 g/mol. The van der Waals surface area contributed by atoms with Gasteiger partial charge in [0.2, 0.25) is 0 Å². The van der Waals surface area contributed by atoms with Crippen LogP contribution in [-0.4, -0.2) is 28.0 Å². The molecule has 0 spiro atoms. The summed E-state index contributed by atoms with van der Waals surface area (Å²) >= 11 is 0. The van der Waals surface area contributed by atoms with Crippen LogP contribution in [0.3, 0.4) is 0 Å². The topological polar surface area (TPSA) is 58.2 Å². The van der Waals surface area contributed by atoms with E-state index in [0.717, 1.165) is 74.8 Å². The molecule has 27 heavy (non-hydrogen) atoms. The molecule has 142 valence electrons. The summed E-state index contributed by atoms with van der Waals surface area (Å²) < 4.78 is 5.61. The fourth-order valence-electron chi connectivity index (χ4n) is 4.81. The minimum Gasteiger partial charge on any atom is -0.493 e. The summed E-state index contributed by atoms with van der Waals surface area (Å²) in [5, 5.41) is 0. The van der Waals surface area contributed by atoms with Gasteiger partial charge in [-0.3, -0.25) is 9.69 Å². The first-order valence-electron chi connectivity index (χ1n) is 10.4. The number of aromatic amines is 1. The largest absolute Gasteiger partial charge is 0.493 e. The average Bonchev–Trinajstić information content (AvgIpc) is 3.16. The minimum absolute atomic E-state index is 0.0925. The van der Waals surface area contributed by atoms with E-state index in [1.807, 2.05) is 0 Å². The Morgan fingerprint density at radius 3 is 2.96 bits per heavy atom. The third kappa shape index (κ3) is 3.41. The fraction of sp³-hybridized carbons (Fsp3) is 0.545. The number of nitrogens with zero attached hydrogens (tertiary/aromatic N) is 2. The standard InChI is InChI=1S/C22H27N3O2/c26-22-18-8-10-25(13-15-6-7-20-17(12-15)9-11-27-20)14-19(18)23-21(24-22)16-4-2-1-3-5-16/h6-7,12,16H,1-5,8-11,13-14H2,(H,23,24,26). The van der Waals surface area contributed by atoms with Crippen molar-refractivity contribution in [2.75, 3.05) is 13.2 Å². The van der Waals surface area contributed by atoms with Crippen LogP contribution in [0.1, 0.15) is 66.2 Å². The lowest BCUT2D eigenvalue weighted by Gasteiger charge is -2.29. The monoisotopic (exact) mass is 365 g/mol. The smallest absolute Gasteiger partial charge is 0.254 e. The van der Waals surface area contributed by atoms with Crippen LogP contribution in [-0.2, 0) is 25.9 Å². The zero-order valence-electron chi connectivity index (χ0n) is 15.8. The second-order valence-corrected chi connectivity index (χ2v) is 8.21. The molecule has 0 saturated heterocycles. The van der Waals surface area contributed by atoms with Crippen LogP contribution in [0.2, 0.25) is 0 Å². The number of benzene rings is 1. The zero-order chi connectivity index (χ0) is 18.2. The quantitative estimate of drug-likeness (QED) is 0.907. The Morgan fingerprint density at radius 1 is 1.19 bits per heavy atom. The minimum atomic E-state index is 0.0925. The summed E-state index contributed by atoms with van der Waals surface area (Å²) in [6.45, 7) is 3.38. The molecule has 2 aromatic rings. The molecule has 0 radical (unpaired) electrons. The van der Waals surface area contributed by atoms with Gasteiger partial charge in [0.05, 0.1) is 12.3 Å². The van der Waals surface area contributed by atoms with Gasteiger partial charge in [-0.2, -0.15) is 0 Å². The van der Waals surface area contributed by atoms with Crippen molar-refractivity contribution in [3.63, 3.8) is 0 Å². The van der Waals surface area contributed by atoms with E-state index in [4.69, 9.17) is 9.72 Å². The van der Waals surface area contributed by atoms with Crippen LogP contribution in [0.5, 0.6) is 5.75 Å².